The zero-order valence-electron chi connectivity index (χ0n) is 6.23. The average Bonchev–Trinajstić information content (AvgIpc) is 1.77. The van der Waals surface area contributed by atoms with Gasteiger partial charge in [0.15, 0.2) is 0 Å². The average molecular weight is 112 g/mol. The van der Waals surface area contributed by atoms with Gasteiger partial charge < -0.3 is 0 Å². The second-order valence-electron chi connectivity index (χ2n) is 1.98. The predicted octanol–water partition coefficient (Wildman–Crippen LogP) is -0.892. The van der Waals surface area contributed by atoms with Crippen molar-refractivity contribution < 1.29 is 18.9 Å². The molecular formula is C8H9Li. The van der Waals surface area contributed by atoms with Crippen LogP contribution in [-0.4, -0.2) is 0 Å². The van der Waals surface area contributed by atoms with E-state index in [0.29, 0.717) is 0 Å². The zero-order valence-corrected chi connectivity index (χ0v) is 6.23. The van der Waals surface area contributed by atoms with Gasteiger partial charge in [-0.05, 0) is 0 Å². The first kappa shape index (κ1) is 8.82. The van der Waals surface area contributed by atoms with E-state index in [4.69, 9.17) is 0 Å². The molecule has 0 aromatic heterocycles. The maximum Gasteiger partial charge on any atom is 1.00 e. The Labute approximate surface area is 68.5 Å². The Kier molecular flexibility index (Phi) is 3.69. The molecule has 0 aliphatic rings. The second kappa shape index (κ2) is 3.77. The van der Waals surface area contributed by atoms with Crippen LogP contribution >= 0.6 is 0 Å². The van der Waals surface area contributed by atoms with E-state index in [-0.39, 0.29) is 18.9 Å². The maximum absolute atomic E-state index is 3.10. The van der Waals surface area contributed by atoms with E-state index in [1.807, 2.05) is 12.1 Å². The molecule has 0 radical (unpaired) electrons. The third-order valence-electron chi connectivity index (χ3n) is 1.33. The summed E-state index contributed by atoms with van der Waals surface area (Å²) in [6.45, 7) is 4.15. The van der Waals surface area contributed by atoms with E-state index < -0.39 is 0 Å². The molecule has 0 atom stereocenters. The van der Waals surface area contributed by atoms with Crippen molar-refractivity contribution in [3.63, 3.8) is 0 Å². The van der Waals surface area contributed by atoms with Gasteiger partial charge in [-0.15, -0.1) is 0 Å². The third kappa shape index (κ3) is 2.26. The van der Waals surface area contributed by atoms with Gasteiger partial charge in [0, 0.05) is 0 Å². The number of aryl methyl sites for hydroxylation is 2. The van der Waals surface area contributed by atoms with Crippen LogP contribution in [0.15, 0.2) is 18.2 Å². The number of hydrogen-bond donors (Lipinski definition) is 0. The smallest absolute Gasteiger partial charge is 0.180 e. The van der Waals surface area contributed by atoms with Gasteiger partial charge in [-0.25, -0.2) is 0 Å². The summed E-state index contributed by atoms with van der Waals surface area (Å²) in [4.78, 5) is 0. The molecule has 0 spiro atoms. The molecule has 0 bridgehead atoms. The summed E-state index contributed by atoms with van der Waals surface area (Å²) in [5, 5.41) is 0. The van der Waals surface area contributed by atoms with E-state index in [0.717, 1.165) is 0 Å². The van der Waals surface area contributed by atoms with Gasteiger partial charge in [-0.1, -0.05) is 13.8 Å². The van der Waals surface area contributed by atoms with Crippen LogP contribution in [0.1, 0.15) is 11.1 Å². The molecule has 0 unspecified atom stereocenters. The van der Waals surface area contributed by atoms with Crippen LogP contribution in [-0.2, 0) is 0 Å². The van der Waals surface area contributed by atoms with Crippen molar-refractivity contribution in [1.82, 2.24) is 0 Å². The van der Waals surface area contributed by atoms with Gasteiger partial charge in [-0.2, -0.15) is 35.4 Å². The van der Waals surface area contributed by atoms with Crippen LogP contribution < -0.4 is 18.9 Å². The van der Waals surface area contributed by atoms with Gasteiger partial charge in [-0.3, -0.25) is 0 Å². The van der Waals surface area contributed by atoms with Gasteiger partial charge in [0.2, 0.25) is 0 Å². The molecule has 0 nitrogen and oxygen atoms in total. The van der Waals surface area contributed by atoms with Crippen molar-refractivity contribution in [1.29, 1.82) is 0 Å². The van der Waals surface area contributed by atoms with Crippen molar-refractivity contribution in [2.75, 3.05) is 0 Å². The number of benzene rings is 1. The largest absolute Gasteiger partial charge is 1.00 e. The standard InChI is InChI=1S/C8H9.Li/c1-7-5-3-4-6-8(7)2;/h3-5H,1-2H3;/q-1;+1. The Balaban J connectivity index is 0.000000640. The first-order chi connectivity index (χ1) is 3.80. The monoisotopic (exact) mass is 112 g/mol. The molecule has 0 N–H and O–H groups in total. The van der Waals surface area contributed by atoms with Crippen LogP contribution in [0.2, 0.25) is 0 Å². The molecule has 0 fully saturated rings. The molecule has 1 aromatic carbocycles. The quantitative estimate of drug-likeness (QED) is 0.301. The Bertz CT molecular complexity index is 161. The summed E-state index contributed by atoms with van der Waals surface area (Å²) in [6.07, 6.45) is 0. The van der Waals surface area contributed by atoms with Crippen molar-refractivity contribution in [2.24, 2.45) is 0 Å². The van der Waals surface area contributed by atoms with Crippen LogP contribution in [0.4, 0.5) is 0 Å². The summed E-state index contributed by atoms with van der Waals surface area (Å²) < 4.78 is 0. The summed E-state index contributed by atoms with van der Waals surface area (Å²) in [5.74, 6) is 0. The fraction of sp³-hybridized carbons (Fsp3) is 0.250. The molecule has 0 aliphatic carbocycles. The Morgan fingerprint density at radius 3 is 2.33 bits per heavy atom. The zero-order chi connectivity index (χ0) is 5.98. The van der Waals surface area contributed by atoms with Crippen molar-refractivity contribution in [2.45, 2.75) is 13.8 Å². The van der Waals surface area contributed by atoms with Crippen molar-refractivity contribution in [3.05, 3.63) is 35.4 Å². The summed E-state index contributed by atoms with van der Waals surface area (Å²) in [5.41, 5.74) is 2.56. The maximum atomic E-state index is 3.10. The molecule has 0 amide bonds. The minimum Gasteiger partial charge on any atom is -0.180 e. The number of rotatable bonds is 0. The van der Waals surface area contributed by atoms with E-state index in [1.165, 1.54) is 11.1 Å². The molecule has 0 aliphatic heterocycles. The van der Waals surface area contributed by atoms with Crippen molar-refractivity contribution >= 4 is 0 Å². The molecule has 1 rings (SSSR count). The minimum atomic E-state index is 0. The Morgan fingerprint density at radius 1 is 1.33 bits per heavy atom. The molecule has 9 heavy (non-hydrogen) atoms. The van der Waals surface area contributed by atoms with Crippen LogP contribution in [0, 0.1) is 19.9 Å². The third-order valence-corrected chi connectivity index (χ3v) is 1.33. The van der Waals surface area contributed by atoms with Crippen LogP contribution in [0.5, 0.6) is 0 Å². The molecule has 42 valence electrons. The van der Waals surface area contributed by atoms with Gasteiger partial charge >= 0.3 is 18.9 Å². The number of hydrogen-bond acceptors (Lipinski definition) is 0. The van der Waals surface area contributed by atoms with Crippen LogP contribution in [0.25, 0.3) is 0 Å². The molecular weight excluding hydrogens is 103 g/mol. The normalized spacial score (nSPS) is 8.22. The minimum absolute atomic E-state index is 0. The topological polar surface area (TPSA) is 0 Å². The first-order valence-corrected chi connectivity index (χ1v) is 2.74. The SMILES string of the molecule is Cc1[c-]cccc1C.[Li+]. The van der Waals surface area contributed by atoms with E-state index in [1.54, 1.807) is 0 Å². The Morgan fingerprint density at radius 2 is 2.00 bits per heavy atom. The summed E-state index contributed by atoms with van der Waals surface area (Å²) in [7, 11) is 0. The fourth-order valence-electron chi connectivity index (χ4n) is 0.604. The molecule has 0 saturated heterocycles. The van der Waals surface area contributed by atoms with Gasteiger partial charge in [0.25, 0.3) is 0 Å². The first-order valence-electron chi connectivity index (χ1n) is 2.74. The fourth-order valence-corrected chi connectivity index (χ4v) is 0.604. The van der Waals surface area contributed by atoms with Gasteiger partial charge in [0.05, 0.1) is 0 Å². The molecule has 1 aromatic rings. The van der Waals surface area contributed by atoms with E-state index in [9.17, 15) is 0 Å². The Hall–Kier alpha value is -0.183. The molecule has 0 heterocycles. The molecule has 0 saturated carbocycles. The van der Waals surface area contributed by atoms with E-state index in [2.05, 4.69) is 26.0 Å². The summed E-state index contributed by atoms with van der Waals surface area (Å²) in [6, 6.07) is 9.12. The van der Waals surface area contributed by atoms with Gasteiger partial charge in [0.1, 0.15) is 0 Å². The van der Waals surface area contributed by atoms with Crippen molar-refractivity contribution in [3.8, 4) is 0 Å². The second-order valence-corrected chi connectivity index (χ2v) is 1.98. The van der Waals surface area contributed by atoms with E-state index >= 15 is 0 Å². The van der Waals surface area contributed by atoms with Crippen LogP contribution in [0.3, 0.4) is 0 Å². The molecule has 1 heteroatoms. The predicted molar refractivity (Wildman–Crippen MR) is 34.8 cm³/mol. The summed E-state index contributed by atoms with van der Waals surface area (Å²) >= 11 is 0.